The number of piperidine rings is 1. The molecular weight excluding hydrogens is 234 g/mol. The van der Waals surface area contributed by atoms with Crippen molar-refractivity contribution >= 4 is 5.97 Å². The van der Waals surface area contributed by atoms with Crippen molar-refractivity contribution in [3.8, 4) is 0 Å². The first-order valence-electron chi connectivity index (χ1n) is 6.64. The van der Waals surface area contributed by atoms with E-state index in [1.807, 2.05) is 0 Å². The Hall–Kier alpha value is -0.650. The number of methoxy groups -OCH3 is 1. The van der Waals surface area contributed by atoms with E-state index in [4.69, 9.17) is 9.47 Å². The highest BCUT2D eigenvalue weighted by molar-refractivity contribution is 5.75. The predicted molar refractivity (Wildman–Crippen MR) is 66.5 cm³/mol. The van der Waals surface area contributed by atoms with Crippen LogP contribution in [0, 0.1) is 11.3 Å². The summed E-state index contributed by atoms with van der Waals surface area (Å²) in [5.41, 5.74) is -0.709. The van der Waals surface area contributed by atoms with E-state index in [1.165, 1.54) is 0 Å². The van der Waals surface area contributed by atoms with E-state index in [9.17, 15) is 9.90 Å². The standard InChI is InChI=1S/C13H23NO4/c1-10-3-5-14(7-11(10)17-2)8-13(12(15)16)4-6-18-9-13/h10-11H,3-9H2,1-2H3,(H,15,16). The molecule has 0 amide bonds. The largest absolute Gasteiger partial charge is 0.481 e. The first kappa shape index (κ1) is 13.8. The average molecular weight is 257 g/mol. The molecule has 5 nitrogen and oxygen atoms in total. The highest BCUT2D eigenvalue weighted by Crippen LogP contribution is 2.32. The number of hydrogen-bond donors (Lipinski definition) is 1. The van der Waals surface area contributed by atoms with Gasteiger partial charge in [-0.1, -0.05) is 6.92 Å². The summed E-state index contributed by atoms with van der Waals surface area (Å²) in [6.07, 6.45) is 1.90. The molecule has 5 heteroatoms. The summed E-state index contributed by atoms with van der Waals surface area (Å²) < 4.78 is 10.8. The molecule has 0 saturated carbocycles. The van der Waals surface area contributed by atoms with Gasteiger partial charge in [0.15, 0.2) is 0 Å². The maximum atomic E-state index is 11.5. The number of hydrogen-bond acceptors (Lipinski definition) is 4. The third-order valence-electron chi connectivity index (χ3n) is 4.36. The lowest BCUT2D eigenvalue weighted by Crippen LogP contribution is -2.50. The minimum absolute atomic E-state index is 0.215. The number of aliphatic carboxylic acids is 1. The molecule has 0 spiro atoms. The van der Waals surface area contributed by atoms with E-state index in [2.05, 4.69) is 11.8 Å². The Morgan fingerprint density at radius 3 is 2.94 bits per heavy atom. The van der Waals surface area contributed by atoms with Gasteiger partial charge in [-0.3, -0.25) is 9.69 Å². The topological polar surface area (TPSA) is 59.0 Å². The molecule has 2 heterocycles. The summed E-state index contributed by atoms with van der Waals surface area (Å²) >= 11 is 0. The van der Waals surface area contributed by atoms with E-state index in [-0.39, 0.29) is 6.10 Å². The predicted octanol–water partition coefficient (Wildman–Crippen LogP) is 0.835. The highest BCUT2D eigenvalue weighted by atomic mass is 16.5. The molecule has 2 aliphatic rings. The second-order valence-electron chi connectivity index (χ2n) is 5.66. The second kappa shape index (κ2) is 5.55. The molecule has 18 heavy (non-hydrogen) atoms. The van der Waals surface area contributed by atoms with Crippen LogP contribution in [0.4, 0.5) is 0 Å². The van der Waals surface area contributed by atoms with Crippen molar-refractivity contribution in [3.63, 3.8) is 0 Å². The van der Waals surface area contributed by atoms with E-state index in [1.54, 1.807) is 7.11 Å². The van der Waals surface area contributed by atoms with Gasteiger partial charge in [-0.2, -0.15) is 0 Å². The molecule has 0 radical (unpaired) electrons. The van der Waals surface area contributed by atoms with Crippen LogP contribution in [0.2, 0.25) is 0 Å². The fraction of sp³-hybridized carbons (Fsp3) is 0.923. The Bertz CT molecular complexity index is 301. The second-order valence-corrected chi connectivity index (χ2v) is 5.66. The van der Waals surface area contributed by atoms with E-state index >= 15 is 0 Å². The van der Waals surface area contributed by atoms with Crippen molar-refractivity contribution in [2.75, 3.05) is 40.0 Å². The molecule has 2 aliphatic heterocycles. The molecule has 2 saturated heterocycles. The lowest BCUT2D eigenvalue weighted by Gasteiger charge is -2.39. The monoisotopic (exact) mass is 257 g/mol. The van der Waals surface area contributed by atoms with Crippen LogP contribution in [-0.4, -0.2) is 62.0 Å². The lowest BCUT2D eigenvalue weighted by molar-refractivity contribution is -0.151. The molecule has 0 bridgehead atoms. The molecule has 0 aromatic heterocycles. The van der Waals surface area contributed by atoms with Crippen LogP contribution in [0.15, 0.2) is 0 Å². The average Bonchev–Trinajstić information content (AvgIpc) is 2.81. The van der Waals surface area contributed by atoms with Gasteiger partial charge in [-0.25, -0.2) is 0 Å². The van der Waals surface area contributed by atoms with Gasteiger partial charge in [0, 0.05) is 26.8 Å². The molecule has 3 atom stereocenters. The van der Waals surface area contributed by atoms with Gasteiger partial charge < -0.3 is 14.6 Å². The third kappa shape index (κ3) is 2.68. The Balaban J connectivity index is 1.98. The van der Waals surface area contributed by atoms with Gasteiger partial charge in [0.1, 0.15) is 5.41 Å². The van der Waals surface area contributed by atoms with Gasteiger partial charge >= 0.3 is 5.97 Å². The summed E-state index contributed by atoms with van der Waals surface area (Å²) in [5.74, 6) is -0.181. The van der Waals surface area contributed by atoms with Gasteiger partial charge in [0.05, 0.1) is 12.7 Å². The van der Waals surface area contributed by atoms with Crippen molar-refractivity contribution < 1.29 is 19.4 Å². The van der Waals surface area contributed by atoms with Gasteiger partial charge in [0.25, 0.3) is 0 Å². The SMILES string of the molecule is COC1CN(CC2(C(=O)O)CCOC2)CCC1C. The number of rotatable bonds is 4. The number of carboxylic acids is 1. The first-order chi connectivity index (χ1) is 8.57. The molecule has 0 aromatic rings. The fourth-order valence-corrected chi connectivity index (χ4v) is 2.94. The van der Waals surface area contributed by atoms with Crippen LogP contribution in [0.1, 0.15) is 19.8 Å². The zero-order valence-electron chi connectivity index (χ0n) is 11.2. The number of carboxylic acid groups (broad SMARTS) is 1. The summed E-state index contributed by atoms with van der Waals surface area (Å²) in [6, 6.07) is 0. The van der Waals surface area contributed by atoms with E-state index in [0.717, 1.165) is 19.5 Å². The van der Waals surface area contributed by atoms with Crippen molar-refractivity contribution in [2.24, 2.45) is 11.3 Å². The van der Waals surface area contributed by atoms with Crippen molar-refractivity contribution in [1.29, 1.82) is 0 Å². The molecule has 2 fully saturated rings. The van der Waals surface area contributed by atoms with Crippen molar-refractivity contribution in [3.05, 3.63) is 0 Å². The van der Waals surface area contributed by atoms with Crippen LogP contribution >= 0.6 is 0 Å². The van der Waals surface area contributed by atoms with Gasteiger partial charge in [0.2, 0.25) is 0 Å². The highest BCUT2D eigenvalue weighted by Gasteiger charge is 2.44. The first-order valence-corrected chi connectivity index (χ1v) is 6.64. The maximum absolute atomic E-state index is 11.5. The lowest BCUT2D eigenvalue weighted by atomic mass is 9.85. The summed E-state index contributed by atoms with van der Waals surface area (Å²) in [5, 5.41) is 9.43. The zero-order chi connectivity index (χ0) is 13.2. The molecule has 1 N–H and O–H groups in total. The summed E-state index contributed by atoms with van der Waals surface area (Å²) in [7, 11) is 1.73. The molecule has 0 aliphatic carbocycles. The van der Waals surface area contributed by atoms with Crippen molar-refractivity contribution in [2.45, 2.75) is 25.9 Å². The van der Waals surface area contributed by atoms with Crippen LogP contribution in [-0.2, 0) is 14.3 Å². The van der Waals surface area contributed by atoms with E-state index < -0.39 is 11.4 Å². The molecule has 2 rings (SSSR count). The Labute approximate surface area is 108 Å². The number of nitrogens with zero attached hydrogens (tertiary/aromatic N) is 1. The number of carbonyl (C=O) groups is 1. The molecule has 104 valence electrons. The Morgan fingerprint density at radius 2 is 2.39 bits per heavy atom. The summed E-state index contributed by atoms with van der Waals surface area (Å²) in [6.45, 7) is 5.45. The minimum atomic E-state index is -0.729. The third-order valence-corrected chi connectivity index (χ3v) is 4.36. The zero-order valence-corrected chi connectivity index (χ0v) is 11.2. The normalized spacial score (nSPS) is 37.9. The molecule has 3 unspecified atom stereocenters. The Kier molecular flexibility index (Phi) is 4.25. The quantitative estimate of drug-likeness (QED) is 0.808. The minimum Gasteiger partial charge on any atom is -0.481 e. The smallest absolute Gasteiger partial charge is 0.313 e. The van der Waals surface area contributed by atoms with Crippen LogP contribution in [0.3, 0.4) is 0 Å². The van der Waals surface area contributed by atoms with Crippen LogP contribution in [0.25, 0.3) is 0 Å². The Morgan fingerprint density at radius 1 is 1.61 bits per heavy atom. The van der Waals surface area contributed by atoms with Crippen LogP contribution in [0.5, 0.6) is 0 Å². The maximum Gasteiger partial charge on any atom is 0.313 e. The van der Waals surface area contributed by atoms with Crippen LogP contribution < -0.4 is 0 Å². The number of likely N-dealkylation sites (tertiary alicyclic amines) is 1. The van der Waals surface area contributed by atoms with Crippen molar-refractivity contribution in [1.82, 2.24) is 4.90 Å². The molecular formula is C13H23NO4. The van der Waals surface area contributed by atoms with E-state index in [0.29, 0.717) is 32.1 Å². The van der Waals surface area contributed by atoms with Gasteiger partial charge in [-0.05, 0) is 25.3 Å². The molecule has 0 aromatic carbocycles. The summed E-state index contributed by atoms with van der Waals surface area (Å²) in [4.78, 5) is 13.7. The fourth-order valence-electron chi connectivity index (χ4n) is 2.94. The van der Waals surface area contributed by atoms with Gasteiger partial charge in [-0.15, -0.1) is 0 Å². The number of ether oxygens (including phenoxy) is 2.